The predicted octanol–water partition coefficient (Wildman–Crippen LogP) is 1.33. The van der Waals surface area contributed by atoms with E-state index in [1.54, 1.807) is 6.07 Å². The molecule has 2 aromatic heterocycles. The van der Waals surface area contributed by atoms with Gasteiger partial charge in [-0.3, -0.25) is 4.79 Å². The molecule has 1 aliphatic carbocycles. The largest absolute Gasteiger partial charge is 0.477 e. The molecule has 2 N–H and O–H groups in total. The van der Waals surface area contributed by atoms with Gasteiger partial charge in [-0.05, 0) is 42.5 Å². The maximum Gasteiger partial charge on any atom is 0.354 e. The number of methoxy groups -OCH3 is 1. The van der Waals surface area contributed by atoms with Crippen molar-refractivity contribution in [3.8, 4) is 0 Å². The van der Waals surface area contributed by atoms with Crippen LogP contribution in [0.3, 0.4) is 0 Å². The first-order valence-corrected chi connectivity index (χ1v) is 8.86. The van der Waals surface area contributed by atoms with Crippen LogP contribution in [0.1, 0.15) is 60.5 Å². The zero-order chi connectivity index (χ0) is 20.7. The summed E-state index contributed by atoms with van der Waals surface area (Å²) in [5.41, 5.74) is 3.00. The molecule has 10 heteroatoms. The molecule has 0 radical (unpaired) electrons. The molecule has 10 nitrogen and oxygen atoms in total. The van der Waals surface area contributed by atoms with E-state index in [0.29, 0.717) is 18.4 Å². The molecular weight excluding hydrogens is 378 g/mol. The second kappa shape index (κ2) is 6.97. The zero-order valence-electron chi connectivity index (χ0n) is 15.7. The summed E-state index contributed by atoms with van der Waals surface area (Å²) in [5, 5.41) is 16.1. The lowest BCUT2D eigenvalue weighted by molar-refractivity contribution is 0.0598. The number of aromatic nitrogens is 4. The number of benzene rings is 1. The van der Waals surface area contributed by atoms with E-state index in [4.69, 9.17) is 4.74 Å². The van der Waals surface area contributed by atoms with Crippen molar-refractivity contribution in [2.24, 2.45) is 0 Å². The van der Waals surface area contributed by atoms with Gasteiger partial charge in [0.1, 0.15) is 12.0 Å². The lowest BCUT2D eigenvalue weighted by Gasteiger charge is -2.16. The van der Waals surface area contributed by atoms with Crippen molar-refractivity contribution in [1.82, 2.24) is 24.9 Å². The first-order chi connectivity index (χ1) is 13.9. The van der Waals surface area contributed by atoms with E-state index in [1.807, 2.05) is 13.0 Å². The Morgan fingerprint density at radius 3 is 2.83 bits per heavy atom. The van der Waals surface area contributed by atoms with Crippen LogP contribution in [0.2, 0.25) is 0 Å². The van der Waals surface area contributed by atoms with Crippen molar-refractivity contribution in [2.45, 2.75) is 25.8 Å². The standard InChI is InChI=1S/C19H17N5O5/c1-9-10-5-6-13(12(10)4-3-11(9)18(28)29-2)22-16(25)15-7-14(17(26)27)23-19-20-8-21-24(15)19/h3-4,7-8,13H,5-6H2,1-2H3,(H,22,25)(H,26,27)/t13-/m0/s1. The second-order valence-corrected chi connectivity index (χ2v) is 6.67. The highest BCUT2D eigenvalue weighted by atomic mass is 16.5. The number of nitrogens with one attached hydrogen (secondary N) is 1. The fourth-order valence-electron chi connectivity index (χ4n) is 3.68. The van der Waals surface area contributed by atoms with Crippen LogP contribution in [0.15, 0.2) is 24.5 Å². The molecule has 1 atom stereocenters. The van der Waals surface area contributed by atoms with Crippen molar-refractivity contribution >= 4 is 23.6 Å². The van der Waals surface area contributed by atoms with E-state index in [2.05, 4.69) is 20.4 Å². The molecule has 29 heavy (non-hydrogen) atoms. The molecule has 2 heterocycles. The Hall–Kier alpha value is -3.82. The maximum absolute atomic E-state index is 12.9. The van der Waals surface area contributed by atoms with E-state index in [0.717, 1.165) is 16.7 Å². The number of amides is 1. The van der Waals surface area contributed by atoms with Crippen molar-refractivity contribution in [1.29, 1.82) is 0 Å². The fraction of sp³-hybridized carbons (Fsp3) is 0.263. The van der Waals surface area contributed by atoms with Crippen LogP contribution in [0.4, 0.5) is 0 Å². The lowest BCUT2D eigenvalue weighted by atomic mass is 9.98. The van der Waals surface area contributed by atoms with Crippen molar-refractivity contribution in [2.75, 3.05) is 7.11 Å². The van der Waals surface area contributed by atoms with Gasteiger partial charge in [0.25, 0.3) is 11.7 Å². The lowest BCUT2D eigenvalue weighted by Crippen LogP contribution is -2.29. The minimum Gasteiger partial charge on any atom is -0.477 e. The Balaban J connectivity index is 1.66. The molecule has 1 amide bonds. The molecule has 4 rings (SSSR count). The number of aromatic carboxylic acids is 1. The molecule has 148 valence electrons. The van der Waals surface area contributed by atoms with E-state index in [9.17, 15) is 19.5 Å². The smallest absolute Gasteiger partial charge is 0.354 e. The monoisotopic (exact) mass is 395 g/mol. The van der Waals surface area contributed by atoms with Gasteiger partial charge in [-0.25, -0.2) is 14.6 Å². The fourth-order valence-corrected chi connectivity index (χ4v) is 3.68. The Kier molecular flexibility index (Phi) is 4.45. The summed E-state index contributed by atoms with van der Waals surface area (Å²) >= 11 is 0. The number of esters is 1. The van der Waals surface area contributed by atoms with Crippen molar-refractivity contribution in [3.63, 3.8) is 0 Å². The quantitative estimate of drug-likeness (QED) is 0.632. The molecule has 0 unspecified atom stereocenters. The Bertz CT molecular complexity index is 1170. The van der Waals surface area contributed by atoms with Gasteiger partial charge in [-0.1, -0.05) is 6.07 Å². The van der Waals surface area contributed by atoms with E-state index < -0.39 is 17.8 Å². The van der Waals surface area contributed by atoms with Crippen molar-refractivity contribution < 1.29 is 24.2 Å². The number of carboxylic acid groups (broad SMARTS) is 1. The predicted molar refractivity (Wildman–Crippen MR) is 98.8 cm³/mol. The number of fused-ring (bicyclic) bond motifs is 2. The van der Waals surface area contributed by atoms with E-state index in [-0.39, 0.29) is 23.2 Å². The number of carbonyl (C=O) groups excluding carboxylic acids is 2. The number of carboxylic acids is 1. The number of nitrogens with zero attached hydrogens (tertiary/aromatic N) is 4. The van der Waals surface area contributed by atoms with Gasteiger partial charge in [-0.2, -0.15) is 14.6 Å². The molecule has 1 aliphatic rings. The minimum absolute atomic E-state index is 0.0282. The minimum atomic E-state index is -1.26. The second-order valence-electron chi connectivity index (χ2n) is 6.67. The molecule has 0 saturated heterocycles. The first kappa shape index (κ1) is 18.5. The van der Waals surface area contributed by atoms with Crippen LogP contribution in [0.5, 0.6) is 0 Å². The number of hydrogen-bond donors (Lipinski definition) is 2. The Morgan fingerprint density at radius 2 is 2.10 bits per heavy atom. The number of rotatable bonds is 4. The van der Waals surface area contributed by atoms with Gasteiger partial charge in [0.05, 0.1) is 18.7 Å². The first-order valence-electron chi connectivity index (χ1n) is 8.86. The molecule has 3 aromatic rings. The SMILES string of the molecule is COC(=O)c1ccc2c(c1C)CC[C@@H]2NC(=O)c1cc(C(=O)O)nc2ncnn12. The highest BCUT2D eigenvalue weighted by Gasteiger charge is 2.29. The van der Waals surface area contributed by atoms with E-state index in [1.165, 1.54) is 24.0 Å². The van der Waals surface area contributed by atoms with Gasteiger partial charge in [-0.15, -0.1) is 0 Å². The summed E-state index contributed by atoms with van der Waals surface area (Å²) < 4.78 is 6.01. The maximum atomic E-state index is 12.9. The third-order valence-electron chi connectivity index (χ3n) is 5.11. The average Bonchev–Trinajstić information content (AvgIpc) is 3.34. The van der Waals surface area contributed by atoms with Gasteiger partial charge in [0, 0.05) is 6.07 Å². The molecule has 0 bridgehead atoms. The average molecular weight is 395 g/mol. The summed E-state index contributed by atoms with van der Waals surface area (Å²) in [6.45, 7) is 1.86. The van der Waals surface area contributed by atoms with Crippen LogP contribution < -0.4 is 5.32 Å². The van der Waals surface area contributed by atoms with Crippen LogP contribution in [0, 0.1) is 6.92 Å². The molecule has 0 saturated carbocycles. The molecular formula is C19H17N5O5. The normalized spacial score (nSPS) is 15.2. The zero-order valence-corrected chi connectivity index (χ0v) is 15.7. The summed E-state index contributed by atoms with van der Waals surface area (Å²) in [4.78, 5) is 43.9. The van der Waals surface area contributed by atoms with Crippen LogP contribution >= 0.6 is 0 Å². The van der Waals surface area contributed by atoms with Gasteiger partial charge >= 0.3 is 11.9 Å². The third-order valence-corrected chi connectivity index (χ3v) is 5.11. The molecule has 0 spiro atoms. The number of hydrogen-bond acceptors (Lipinski definition) is 7. The van der Waals surface area contributed by atoms with Crippen molar-refractivity contribution in [3.05, 3.63) is 58.2 Å². The Labute approximate surface area is 164 Å². The van der Waals surface area contributed by atoms with E-state index >= 15 is 0 Å². The summed E-state index contributed by atoms with van der Waals surface area (Å²) in [5.74, 6) is -2.12. The van der Waals surface area contributed by atoms with Crippen LogP contribution in [-0.2, 0) is 11.2 Å². The molecule has 0 fully saturated rings. The summed E-state index contributed by atoms with van der Waals surface area (Å²) in [6, 6.07) is 4.39. The topological polar surface area (TPSA) is 136 Å². The van der Waals surface area contributed by atoms with Gasteiger partial charge in [0.2, 0.25) is 0 Å². The van der Waals surface area contributed by atoms with Crippen LogP contribution in [-0.4, -0.2) is 49.6 Å². The molecule has 0 aliphatic heterocycles. The summed E-state index contributed by atoms with van der Waals surface area (Å²) in [6.07, 6.45) is 2.56. The Morgan fingerprint density at radius 1 is 1.31 bits per heavy atom. The highest BCUT2D eigenvalue weighted by Crippen LogP contribution is 2.35. The van der Waals surface area contributed by atoms with Gasteiger partial charge < -0.3 is 15.2 Å². The highest BCUT2D eigenvalue weighted by molar-refractivity contribution is 5.96. The number of carbonyl (C=O) groups is 3. The van der Waals surface area contributed by atoms with Crippen LogP contribution in [0.25, 0.3) is 5.78 Å². The molecule has 1 aromatic carbocycles. The van der Waals surface area contributed by atoms with Gasteiger partial charge in [0.15, 0.2) is 5.69 Å². The summed E-state index contributed by atoms with van der Waals surface area (Å²) in [7, 11) is 1.34. The third kappa shape index (κ3) is 3.08. The number of ether oxygens (including phenoxy) is 1.